The Kier molecular flexibility index (Phi) is 4.75. The van der Waals surface area contributed by atoms with Crippen LogP contribution in [-0.2, 0) is 0 Å². The van der Waals surface area contributed by atoms with Crippen LogP contribution in [0, 0.1) is 0 Å². The lowest BCUT2D eigenvalue weighted by molar-refractivity contribution is 0.664. The van der Waals surface area contributed by atoms with E-state index in [2.05, 4.69) is 146 Å². The molecule has 0 atom stereocenters. The van der Waals surface area contributed by atoms with Crippen LogP contribution in [0.5, 0.6) is 0 Å². The van der Waals surface area contributed by atoms with Crippen molar-refractivity contribution in [3.8, 4) is 22.3 Å². The molecule has 204 valence electrons. The van der Waals surface area contributed by atoms with Crippen LogP contribution in [-0.4, -0.2) is 0 Å². The van der Waals surface area contributed by atoms with Gasteiger partial charge in [-0.1, -0.05) is 115 Å². The number of fused-ring (bicyclic) bond motifs is 10. The molecule has 0 unspecified atom stereocenters. The van der Waals surface area contributed by atoms with E-state index in [0.29, 0.717) is 0 Å². The van der Waals surface area contributed by atoms with E-state index in [-0.39, 0.29) is 0 Å². The molecule has 0 saturated carbocycles. The average molecular weight is 561 g/mol. The number of hydrogen-bond donors (Lipinski definition) is 0. The Labute approximate surface area is 252 Å². The van der Waals surface area contributed by atoms with Crippen molar-refractivity contribution in [3.63, 3.8) is 0 Å². The van der Waals surface area contributed by atoms with Gasteiger partial charge >= 0.3 is 0 Å². The monoisotopic (exact) mass is 560 g/mol. The van der Waals surface area contributed by atoms with Crippen molar-refractivity contribution < 1.29 is 8.83 Å². The van der Waals surface area contributed by atoms with Crippen molar-refractivity contribution >= 4 is 76.2 Å². The minimum Gasteiger partial charge on any atom is -0.456 e. The molecule has 2 heteroatoms. The Bertz CT molecular complexity index is 2700. The van der Waals surface area contributed by atoms with E-state index in [4.69, 9.17) is 8.83 Å². The van der Waals surface area contributed by atoms with Crippen molar-refractivity contribution in [2.24, 2.45) is 0 Å². The summed E-state index contributed by atoms with van der Waals surface area (Å²) in [5.74, 6) is 0. The van der Waals surface area contributed by atoms with Crippen molar-refractivity contribution in [2.75, 3.05) is 0 Å². The second-order valence-electron chi connectivity index (χ2n) is 11.6. The third-order valence-electron chi connectivity index (χ3n) is 9.24. The Hall–Kier alpha value is -5.86. The van der Waals surface area contributed by atoms with E-state index < -0.39 is 0 Å². The molecule has 0 saturated heterocycles. The highest BCUT2D eigenvalue weighted by Gasteiger charge is 2.19. The second-order valence-corrected chi connectivity index (χ2v) is 11.6. The highest BCUT2D eigenvalue weighted by Crippen LogP contribution is 2.45. The fourth-order valence-corrected chi connectivity index (χ4v) is 7.33. The first-order valence-corrected chi connectivity index (χ1v) is 15.0. The molecule has 8 aromatic carbocycles. The molecule has 2 aromatic heterocycles. The molecule has 0 amide bonds. The predicted octanol–water partition coefficient (Wildman–Crippen LogP) is 12.3. The van der Waals surface area contributed by atoms with Gasteiger partial charge in [-0.2, -0.15) is 0 Å². The quantitative estimate of drug-likeness (QED) is 0.197. The lowest BCUT2D eigenvalue weighted by Crippen LogP contribution is -1.90. The molecule has 10 aromatic rings. The molecule has 0 bridgehead atoms. The van der Waals surface area contributed by atoms with E-state index in [1.807, 2.05) is 0 Å². The minimum atomic E-state index is 0.870. The van der Waals surface area contributed by atoms with Gasteiger partial charge < -0.3 is 8.83 Å². The Morgan fingerprint density at radius 1 is 0.295 bits per heavy atom. The van der Waals surface area contributed by atoms with Crippen LogP contribution in [0.25, 0.3) is 98.4 Å². The topological polar surface area (TPSA) is 26.3 Å². The maximum Gasteiger partial charge on any atom is 0.136 e. The zero-order valence-corrected chi connectivity index (χ0v) is 23.7. The predicted molar refractivity (Wildman–Crippen MR) is 184 cm³/mol. The number of benzene rings is 8. The third-order valence-corrected chi connectivity index (χ3v) is 9.24. The van der Waals surface area contributed by atoms with Gasteiger partial charge in [-0.25, -0.2) is 0 Å². The van der Waals surface area contributed by atoms with Crippen molar-refractivity contribution in [1.82, 2.24) is 0 Å². The normalized spacial score (nSPS) is 12.1. The lowest BCUT2D eigenvalue weighted by Gasteiger charge is -2.17. The van der Waals surface area contributed by atoms with Crippen LogP contribution in [0.3, 0.4) is 0 Å². The molecular formula is C42H24O2. The SMILES string of the molecule is c1ccc(-c2c3ccccc3c(-c3ccc4c(c3)oc3cc5c(cc34)oc3ccc4ccccc4c35)c3ccccc23)cc1. The Balaban J connectivity index is 1.24. The molecule has 10 rings (SSSR count). The van der Waals surface area contributed by atoms with Gasteiger partial charge in [-0.3, -0.25) is 0 Å². The molecule has 0 aliphatic heterocycles. The smallest absolute Gasteiger partial charge is 0.136 e. The van der Waals surface area contributed by atoms with Crippen molar-refractivity contribution in [1.29, 1.82) is 0 Å². The molecule has 0 fully saturated rings. The summed E-state index contributed by atoms with van der Waals surface area (Å²) in [4.78, 5) is 0. The standard InChI is InChI=1S/C42H24O2/c1-2-11-26(12-3-1)40-30-14-6-8-16-32(30)41(33-17-9-7-15-31(33)40)27-18-20-29-34-23-39-35(24-38(34)44-37(29)22-27)42-28-13-5-4-10-25(28)19-21-36(42)43-39/h1-24H. The summed E-state index contributed by atoms with van der Waals surface area (Å²) in [6.07, 6.45) is 0. The molecule has 2 heterocycles. The van der Waals surface area contributed by atoms with Crippen LogP contribution < -0.4 is 0 Å². The summed E-state index contributed by atoms with van der Waals surface area (Å²) in [7, 11) is 0. The molecule has 2 nitrogen and oxygen atoms in total. The molecule has 0 aliphatic carbocycles. The van der Waals surface area contributed by atoms with Gasteiger partial charge in [0.05, 0.1) is 0 Å². The van der Waals surface area contributed by atoms with Crippen LogP contribution in [0.15, 0.2) is 154 Å². The molecule has 0 aliphatic rings. The maximum atomic E-state index is 6.63. The first-order chi connectivity index (χ1) is 21.8. The molecule has 0 radical (unpaired) electrons. The Morgan fingerprint density at radius 3 is 1.57 bits per heavy atom. The van der Waals surface area contributed by atoms with Crippen LogP contribution in [0.2, 0.25) is 0 Å². The van der Waals surface area contributed by atoms with Crippen molar-refractivity contribution in [2.45, 2.75) is 0 Å². The van der Waals surface area contributed by atoms with Gasteiger partial charge in [0.15, 0.2) is 0 Å². The molecule has 44 heavy (non-hydrogen) atoms. The van der Waals surface area contributed by atoms with Gasteiger partial charge in [-0.05, 0) is 84.9 Å². The average Bonchev–Trinajstić information content (AvgIpc) is 3.63. The van der Waals surface area contributed by atoms with Gasteiger partial charge in [-0.15, -0.1) is 0 Å². The first kappa shape index (κ1) is 23.7. The van der Waals surface area contributed by atoms with Crippen molar-refractivity contribution in [3.05, 3.63) is 146 Å². The van der Waals surface area contributed by atoms with Gasteiger partial charge in [0, 0.05) is 21.5 Å². The number of rotatable bonds is 2. The van der Waals surface area contributed by atoms with E-state index in [1.165, 1.54) is 49.0 Å². The molecule has 0 N–H and O–H groups in total. The third kappa shape index (κ3) is 3.25. The second kappa shape index (κ2) is 8.82. The summed E-state index contributed by atoms with van der Waals surface area (Å²) in [6.45, 7) is 0. The summed E-state index contributed by atoms with van der Waals surface area (Å²) in [5.41, 5.74) is 8.39. The Morgan fingerprint density at radius 2 is 0.841 bits per heavy atom. The zero-order valence-electron chi connectivity index (χ0n) is 23.7. The summed E-state index contributed by atoms with van der Waals surface area (Å²) in [5, 5.41) is 11.7. The van der Waals surface area contributed by atoms with E-state index in [1.54, 1.807) is 0 Å². The summed E-state index contributed by atoms with van der Waals surface area (Å²) >= 11 is 0. The highest BCUT2D eigenvalue weighted by atomic mass is 16.3. The van der Waals surface area contributed by atoms with E-state index >= 15 is 0 Å². The van der Waals surface area contributed by atoms with Gasteiger partial charge in [0.2, 0.25) is 0 Å². The fraction of sp³-hybridized carbons (Fsp3) is 0. The molecule has 0 spiro atoms. The minimum absolute atomic E-state index is 0.870. The maximum absolute atomic E-state index is 6.63. The van der Waals surface area contributed by atoms with Gasteiger partial charge in [0.1, 0.15) is 22.3 Å². The fourth-order valence-electron chi connectivity index (χ4n) is 7.33. The van der Waals surface area contributed by atoms with Crippen LogP contribution in [0.4, 0.5) is 0 Å². The van der Waals surface area contributed by atoms with Crippen LogP contribution >= 0.6 is 0 Å². The summed E-state index contributed by atoms with van der Waals surface area (Å²) < 4.78 is 13.0. The summed E-state index contributed by atoms with van der Waals surface area (Å²) in [6, 6.07) is 51.9. The zero-order chi connectivity index (χ0) is 28.8. The van der Waals surface area contributed by atoms with Crippen LogP contribution in [0.1, 0.15) is 0 Å². The number of furan rings is 2. The largest absolute Gasteiger partial charge is 0.456 e. The van der Waals surface area contributed by atoms with Gasteiger partial charge in [0.25, 0.3) is 0 Å². The van der Waals surface area contributed by atoms with E-state index in [0.717, 1.165) is 49.4 Å². The molecular weight excluding hydrogens is 536 g/mol. The first-order valence-electron chi connectivity index (χ1n) is 15.0. The lowest BCUT2D eigenvalue weighted by atomic mass is 9.86. The highest BCUT2D eigenvalue weighted by molar-refractivity contribution is 6.24. The van der Waals surface area contributed by atoms with E-state index in [9.17, 15) is 0 Å². The number of hydrogen-bond acceptors (Lipinski definition) is 2.